The third kappa shape index (κ3) is 3.12. The highest BCUT2D eigenvalue weighted by Gasteiger charge is 2.28. The number of fused-ring (bicyclic) bond motifs is 1. The Labute approximate surface area is 156 Å². The summed E-state index contributed by atoms with van der Waals surface area (Å²) in [5, 5.41) is 11.8. The number of aryl methyl sites for hydroxylation is 1. The Bertz CT molecular complexity index is 1020. The Morgan fingerprint density at radius 3 is 3.00 bits per heavy atom. The van der Waals surface area contributed by atoms with Crippen molar-refractivity contribution in [3.05, 3.63) is 41.9 Å². The summed E-state index contributed by atoms with van der Waals surface area (Å²) in [6.07, 6.45) is 5.91. The van der Waals surface area contributed by atoms with Gasteiger partial charge in [-0.1, -0.05) is 0 Å². The van der Waals surface area contributed by atoms with E-state index in [2.05, 4.69) is 31.8 Å². The molecule has 3 aromatic rings. The van der Waals surface area contributed by atoms with Gasteiger partial charge in [0, 0.05) is 43.6 Å². The van der Waals surface area contributed by atoms with E-state index in [9.17, 15) is 4.79 Å². The zero-order chi connectivity index (χ0) is 18.4. The van der Waals surface area contributed by atoms with Crippen molar-refractivity contribution in [1.29, 1.82) is 0 Å². The SMILES string of the molecule is Cn1cc2cc(NC(=O)c3ccnc(N4CCNC4)n3)c(C3CC3)cc2n1. The fourth-order valence-corrected chi connectivity index (χ4v) is 3.54. The molecule has 1 aromatic carbocycles. The van der Waals surface area contributed by atoms with Crippen LogP contribution in [-0.4, -0.2) is 45.4 Å². The second-order valence-corrected chi connectivity index (χ2v) is 7.19. The Morgan fingerprint density at radius 1 is 1.33 bits per heavy atom. The normalized spacial score (nSPS) is 16.9. The molecular weight excluding hydrogens is 342 g/mol. The molecule has 5 rings (SSSR count). The quantitative estimate of drug-likeness (QED) is 0.736. The summed E-state index contributed by atoms with van der Waals surface area (Å²) in [6, 6.07) is 5.77. The van der Waals surface area contributed by atoms with Crippen LogP contribution in [-0.2, 0) is 7.05 Å². The molecule has 2 N–H and O–H groups in total. The van der Waals surface area contributed by atoms with Crippen LogP contribution in [0, 0.1) is 0 Å². The van der Waals surface area contributed by atoms with Crippen molar-refractivity contribution in [3.63, 3.8) is 0 Å². The van der Waals surface area contributed by atoms with Crippen LogP contribution in [0.2, 0.25) is 0 Å². The van der Waals surface area contributed by atoms with E-state index in [-0.39, 0.29) is 5.91 Å². The van der Waals surface area contributed by atoms with Crippen molar-refractivity contribution in [1.82, 2.24) is 25.1 Å². The lowest BCUT2D eigenvalue weighted by Crippen LogP contribution is -2.24. The first-order valence-electron chi connectivity index (χ1n) is 9.25. The van der Waals surface area contributed by atoms with E-state index in [0.717, 1.165) is 48.1 Å². The number of carbonyl (C=O) groups excluding carboxylic acids is 1. The van der Waals surface area contributed by atoms with E-state index in [0.29, 0.717) is 24.2 Å². The molecular formula is C19H21N7O. The molecule has 1 saturated carbocycles. The molecule has 8 heteroatoms. The average Bonchev–Trinajstić information content (AvgIpc) is 3.23. The molecule has 0 radical (unpaired) electrons. The molecule has 1 amide bonds. The van der Waals surface area contributed by atoms with Crippen molar-refractivity contribution >= 4 is 28.4 Å². The molecule has 0 spiro atoms. The van der Waals surface area contributed by atoms with Gasteiger partial charge in [0.05, 0.1) is 12.2 Å². The number of carbonyl (C=O) groups is 1. The Morgan fingerprint density at radius 2 is 2.22 bits per heavy atom. The topological polar surface area (TPSA) is 88.0 Å². The Hall–Kier alpha value is -3.00. The summed E-state index contributed by atoms with van der Waals surface area (Å²) in [4.78, 5) is 23.6. The van der Waals surface area contributed by atoms with Crippen LogP contribution in [0.25, 0.3) is 10.9 Å². The second-order valence-electron chi connectivity index (χ2n) is 7.19. The van der Waals surface area contributed by atoms with Gasteiger partial charge in [0.2, 0.25) is 5.95 Å². The number of hydrogen-bond acceptors (Lipinski definition) is 6. The van der Waals surface area contributed by atoms with Crippen LogP contribution < -0.4 is 15.5 Å². The van der Waals surface area contributed by atoms with E-state index >= 15 is 0 Å². The lowest BCUT2D eigenvalue weighted by atomic mass is 10.1. The van der Waals surface area contributed by atoms with Crippen LogP contribution in [0.5, 0.6) is 0 Å². The highest BCUT2D eigenvalue weighted by Crippen LogP contribution is 2.44. The predicted molar refractivity (Wildman–Crippen MR) is 103 cm³/mol. The van der Waals surface area contributed by atoms with Gasteiger partial charge in [-0.15, -0.1) is 0 Å². The fraction of sp³-hybridized carbons (Fsp3) is 0.368. The molecule has 2 aromatic heterocycles. The highest BCUT2D eigenvalue weighted by molar-refractivity contribution is 6.04. The minimum absolute atomic E-state index is 0.212. The van der Waals surface area contributed by atoms with Crippen molar-refractivity contribution in [2.75, 3.05) is 30.0 Å². The van der Waals surface area contributed by atoms with Crippen molar-refractivity contribution in [2.24, 2.45) is 7.05 Å². The Kier molecular flexibility index (Phi) is 3.78. The molecule has 3 heterocycles. The number of nitrogens with zero attached hydrogens (tertiary/aromatic N) is 5. The maximum atomic E-state index is 12.9. The second kappa shape index (κ2) is 6.31. The number of nitrogens with one attached hydrogen (secondary N) is 2. The molecule has 1 aliphatic carbocycles. The molecule has 0 bridgehead atoms. The number of rotatable bonds is 4. The van der Waals surface area contributed by atoms with Gasteiger partial charge in [-0.2, -0.15) is 5.10 Å². The molecule has 0 unspecified atom stereocenters. The maximum absolute atomic E-state index is 12.9. The minimum atomic E-state index is -0.212. The third-order valence-corrected chi connectivity index (χ3v) is 5.08. The Balaban J connectivity index is 1.45. The molecule has 27 heavy (non-hydrogen) atoms. The molecule has 1 aliphatic heterocycles. The van der Waals surface area contributed by atoms with Crippen molar-refractivity contribution in [3.8, 4) is 0 Å². The number of amides is 1. The number of anilines is 2. The van der Waals surface area contributed by atoms with Gasteiger partial charge in [0.25, 0.3) is 5.91 Å². The van der Waals surface area contributed by atoms with Gasteiger partial charge in [0.15, 0.2) is 0 Å². The average molecular weight is 363 g/mol. The number of benzene rings is 1. The van der Waals surface area contributed by atoms with Crippen LogP contribution >= 0.6 is 0 Å². The highest BCUT2D eigenvalue weighted by atomic mass is 16.1. The first-order chi connectivity index (χ1) is 13.2. The summed E-state index contributed by atoms with van der Waals surface area (Å²) in [5.74, 6) is 0.872. The summed E-state index contributed by atoms with van der Waals surface area (Å²) in [6.45, 7) is 2.44. The number of hydrogen-bond donors (Lipinski definition) is 2. The van der Waals surface area contributed by atoms with Gasteiger partial charge in [-0.25, -0.2) is 9.97 Å². The molecule has 2 aliphatic rings. The zero-order valence-electron chi connectivity index (χ0n) is 15.1. The standard InChI is InChI=1S/C19H21N7O/c1-25-10-13-8-17(14(12-2-3-12)9-16(13)24-25)22-18(27)15-4-5-21-19(23-15)26-7-6-20-11-26/h4-5,8-10,12,20H,2-3,6-7,11H2,1H3,(H,22,27). The molecule has 0 atom stereocenters. The van der Waals surface area contributed by atoms with Crippen LogP contribution in [0.4, 0.5) is 11.6 Å². The molecule has 2 fully saturated rings. The van der Waals surface area contributed by atoms with Crippen molar-refractivity contribution in [2.45, 2.75) is 18.8 Å². The zero-order valence-corrected chi connectivity index (χ0v) is 15.1. The monoisotopic (exact) mass is 363 g/mol. The lowest BCUT2D eigenvalue weighted by molar-refractivity contribution is 0.102. The van der Waals surface area contributed by atoms with Gasteiger partial charge in [-0.05, 0) is 42.5 Å². The van der Waals surface area contributed by atoms with E-state index in [4.69, 9.17) is 0 Å². The van der Waals surface area contributed by atoms with Crippen molar-refractivity contribution < 1.29 is 4.79 Å². The van der Waals surface area contributed by atoms with E-state index in [1.165, 1.54) is 0 Å². The smallest absolute Gasteiger partial charge is 0.274 e. The van der Waals surface area contributed by atoms with Gasteiger partial charge in [-0.3, -0.25) is 14.8 Å². The summed E-state index contributed by atoms with van der Waals surface area (Å²) < 4.78 is 1.80. The first-order valence-corrected chi connectivity index (χ1v) is 9.25. The summed E-state index contributed by atoms with van der Waals surface area (Å²) in [5.41, 5.74) is 3.35. The third-order valence-electron chi connectivity index (χ3n) is 5.08. The predicted octanol–water partition coefficient (Wildman–Crippen LogP) is 1.86. The van der Waals surface area contributed by atoms with E-state index in [1.807, 2.05) is 24.2 Å². The minimum Gasteiger partial charge on any atom is -0.327 e. The lowest BCUT2D eigenvalue weighted by Gasteiger charge is -2.15. The van der Waals surface area contributed by atoms with Gasteiger partial charge >= 0.3 is 0 Å². The summed E-state index contributed by atoms with van der Waals surface area (Å²) >= 11 is 0. The molecule has 1 saturated heterocycles. The van der Waals surface area contributed by atoms with E-state index < -0.39 is 0 Å². The van der Waals surface area contributed by atoms with Crippen LogP contribution in [0.3, 0.4) is 0 Å². The number of aromatic nitrogens is 4. The first kappa shape index (κ1) is 16.2. The maximum Gasteiger partial charge on any atom is 0.274 e. The largest absolute Gasteiger partial charge is 0.327 e. The van der Waals surface area contributed by atoms with Gasteiger partial charge in [0.1, 0.15) is 5.69 Å². The summed E-state index contributed by atoms with van der Waals surface area (Å²) in [7, 11) is 1.91. The molecule has 138 valence electrons. The van der Waals surface area contributed by atoms with E-state index in [1.54, 1.807) is 16.9 Å². The van der Waals surface area contributed by atoms with Crippen LogP contribution in [0.15, 0.2) is 30.6 Å². The van der Waals surface area contributed by atoms with Gasteiger partial charge < -0.3 is 10.2 Å². The molecule has 8 nitrogen and oxygen atoms in total. The van der Waals surface area contributed by atoms with Crippen LogP contribution in [0.1, 0.15) is 34.8 Å². The fourth-order valence-electron chi connectivity index (χ4n) is 3.54.